The van der Waals surface area contributed by atoms with Crippen LogP contribution >= 0.6 is 0 Å². The molecule has 0 bridgehead atoms. The molecule has 3 rings (SSSR count). The van der Waals surface area contributed by atoms with Crippen LogP contribution < -0.4 is 10.1 Å². The van der Waals surface area contributed by atoms with Crippen LogP contribution in [0, 0.1) is 5.82 Å². The molecule has 2 atom stereocenters. The smallest absolute Gasteiger partial charge is 0.405 e. The van der Waals surface area contributed by atoms with Crippen LogP contribution in [-0.4, -0.2) is 54.4 Å². The van der Waals surface area contributed by atoms with E-state index < -0.39 is 17.9 Å². The molecule has 0 unspecified atom stereocenters. The van der Waals surface area contributed by atoms with Gasteiger partial charge in [-0.3, -0.25) is 4.90 Å². The molecule has 0 spiro atoms. The Balaban J connectivity index is 1.74. The van der Waals surface area contributed by atoms with E-state index in [-0.39, 0.29) is 30.2 Å². The maximum absolute atomic E-state index is 14.0. The molecule has 2 aliphatic heterocycles. The molecule has 2 fully saturated rings. The van der Waals surface area contributed by atoms with E-state index in [1.54, 1.807) is 11.9 Å². The fraction of sp³-hybridized carbons (Fsp3) is 0.533. The minimum atomic E-state index is -4.88. The first-order chi connectivity index (χ1) is 11.2. The summed E-state index contributed by atoms with van der Waals surface area (Å²) in [5.41, 5.74) is -0.133. The van der Waals surface area contributed by atoms with Crippen molar-refractivity contribution in [3.8, 4) is 5.75 Å². The Morgan fingerprint density at radius 1 is 1.38 bits per heavy atom. The molecular formula is C15H17F4N3O2. The van der Waals surface area contributed by atoms with Crippen molar-refractivity contribution in [2.24, 2.45) is 0 Å². The fourth-order valence-corrected chi connectivity index (χ4v) is 3.30. The highest BCUT2D eigenvalue weighted by atomic mass is 19.4. The third-order valence-electron chi connectivity index (χ3n) is 4.47. The van der Waals surface area contributed by atoms with E-state index in [4.69, 9.17) is 0 Å². The number of carbonyl (C=O) groups excluding carboxylic acids is 1. The minimum absolute atomic E-state index is 0.0130. The average molecular weight is 347 g/mol. The van der Waals surface area contributed by atoms with E-state index in [0.717, 1.165) is 12.1 Å². The number of carbonyl (C=O) groups is 1. The molecule has 0 radical (unpaired) electrons. The lowest BCUT2D eigenvalue weighted by Crippen LogP contribution is -2.50. The summed E-state index contributed by atoms with van der Waals surface area (Å²) in [6.45, 7) is 0.988. The van der Waals surface area contributed by atoms with E-state index in [1.165, 1.54) is 6.07 Å². The van der Waals surface area contributed by atoms with E-state index in [2.05, 4.69) is 10.1 Å². The Bertz CT molecular complexity index is 638. The van der Waals surface area contributed by atoms with Crippen LogP contribution in [0.5, 0.6) is 5.75 Å². The van der Waals surface area contributed by atoms with Gasteiger partial charge in [-0.15, -0.1) is 13.2 Å². The number of nitrogens with one attached hydrogen (secondary N) is 1. The first-order valence-corrected chi connectivity index (χ1v) is 7.53. The van der Waals surface area contributed by atoms with Crippen molar-refractivity contribution in [2.45, 2.75) is 31.4 Å². The highest BCUT2D eigenvalue weighted by Crippen LogP contribution is 2.30. The Hall–Kier alpha value is -2.03. The van der Waals surface area contributed by atoms with Crippen molar-refractivity contribution in [3.63, 3.8) is 0 Å². The average Bonchev–Trinajstić information content (AvgIpc) is 2.76. The number of likely N-dealkylation sites (tertiary alicyclic amines) is 1. The number of likely N-dealkylation sites (N-methyl/N-ethyl adjacent to an activating group) is 1. The van der Waals surface area contributed by atoms with Crippen LogP contribution in [0.15, 0.2) is 18.2 Å². The molecule has 2 aliphatic rings. The first kappa shape index (κ1) is 16.8. The molecule has 1 N–H and O–H groups in total. The molecule has 0 aliphatic carbocycles. The monoisotopic (exact) mass is 347 g/mol. The highest BCUT2D eigenvalue weighted by Gasteiger charge is 2.41. The van der Waals surface area contributed by atoms with E-state index in [1.807, 2.05) is 4.90 Å². The molecule has 9 heteroatoms. The summed E-state index contributed by atoms with van der Waals surface area (Å²) in [6, 6.07) is 3.16. The van der Waals surface area contributed by atoms with Crippen molar-refractivity contribution in [1.29, 1.82) is 0 Å². The fourth-order valence-electron chi connectivity index (χ4n) is 3.30. The van der Waals surface area contributed by atoms with Gasteiger partial charge in [-0.2, -0.15) is 0 Å². The van der Waals surface area contributed by atoms with Crippen molar-refractivity contribution in [1.82, 2.24) is 15.1 Å². The molecule has 2 heterocycles. The molecule has 1 aromatic rings. The number of halogens is 4. The lowest BCUT2D eigenvalue weighted by molar-refractivity contribution is -0.275. The molecule has 0 saturated carbocycles. The van der Waals surface area contributed by atoms with E-state index >= 15 is 0 Å². The van der Waals surface area contributed by atoms with Gasteiger partial charge in [-0.1, -0.05) is 6.07 Å². The number of urea groups is 1. The van der Waals surface area contributed by atoms with Crippen molar-refractivity contribution in [3.05, 3.63) is 29.6 Å². The first-order valence-electron chi connectivity index (χ1n) is 7.53. The summed E-state index contributed by atoms with van der Waals surface area (Å²) in [5.74, 6) is -1.27. The predicted molar refractivity (Wildman–Crippen MR) is 76.8 cm³/mol. The molecule has 1 aromatic carbocycles. The summed E-state index contributed by atoms with van der Waals surface area (Å²) in [6.07, 6.45) is -4.21. The number of amides is 2. The van der Waals surface area contributed by atoms with Crippen LogP contribution in [0.3, 0.4) is 0 Å². The number of fused-ring (bicyclic) bond motifs is 1. The number of benzene rings is 1. The second-order valence-corrected chi connectivity index (χ2v) is 6.02. The molecule has 0 aromatic heterocycles. The van der Waals surface area contributed by atoms with Gasteiger partial charge >= 0.3 is 12.4 Å². The van der Waals surface area contributed by atoms with Crippen LogP contribution in [0.2, 0.25) is 0 Å². The van der Waals surface area contributed by atoms with E-state index in [9.17, 15) is 22.4 Å². The van der Waals surface area contributed by atoms with Gasteiger partial charge in [-0.25, -0.2) is 9.18 Å². The van der Waals surface area contributed by atoms with Crippen LogP contribution in [0.4, 0.5) is 22.4 Å². The quantitative estimate of drug-likeness (QED) is 0.854. The molecule has 132 valence electrons. The van der Waals surface area contributed by atoms with Crippen LogP contribution in [0.1, 0.15) is 12.0 Å². The SMILES string of the molecule is CN1C(=O)N[C@@H]2CN(Cc3c(F)cccc3OC(F)(F)F)CC[C@@H]21. The Morgan fingerprint density at radius 3 is 2.83 bits per heavy atom. The molecule has 2 saturated heterocycles. The second-order valence-electron chi connectivity index (χ2n) is 6.02. The molecular weight excluding hydrogens is 330 g/mol. The molecule has 24 heavy (non-hydrogen) atoms. The normalized spacial score (nSPS) is 24.7. The summed E-state index contributed by atoms with van der Waals surface area (Å²) in [4.78, 5) is 15.1. The third kappa shape index (κ3) is 3.40. The number of piperidine rings is 1. The summed E-state index contributed by atoms with van der Waals surface area (Å²) >= 11 is 0. The number of nitrogens with zero attached hydrogens (tertiary/aromatic N) is 2. The Labute approximate surface area is 136 Å². The van der Waals surface area contributed by atoms with Gasteiger partial charge in [0.25, 0.3) is 0 Å². The van der Waals surface area contributed by atoms with Gasteiger partial charge in [-0.05, 0) is 18.6 Å². The van der Waals surface area contributed by atoms with Crippen molar-refractivity contribution >= 4 is 6.03 Å². The largest absolute Gasteiger partial charge is 0.573 e. The number of alkyl halides is 3. The number of hydrogen-bond acceptors (Lipinski definition) is 3. The summed E-state index contributed by atoms with van der Waals surface area (Å²) in [5, 5.41) is 2.83. The van der Waals surface area contributed by atoms with Gasteiger partial charge in [0.05, 0.1) is 12.1 Å². The Morgan fingerprint density at radius 2 is 2.12 bits per heavy atom. The van der Waals surface area contributed by atoms with Gasteiger partial charge in [0.15, 0.2) is 0 Å². The predicted octanol–water partition coefficient (Wildman–Crippen LogP) is 2.32. The van der Waals surface area contributed by atoms with Gasteiger partial charge in [0.1, 0.15) is 11.6 Å². The van der Waals surface area contributed by atoms with Crippen LogP contribution in [0.25, 0.3) is 0 Å². The topological polar surface area (TPSA) is 44.8 Å². The van der Waals surface area contributed by atoms with Gasteiger partial charge < -0.3 is 15.0 Å². The van der Waals surface area contributed by atoms with Crippen molar-refractivity contribution < 1.29 is 27.1 Å². The minimum Gasteiger partial charge on any atom is -0.405 e. The zero-order chi connectivity index (χ0) is 17.5. The van der Waals surface area contributed by atoms with Crippen LogP contribution in [-0.2, 0) is 6.54 Å². The number of hydrogen-bond donors (Lipinski definition) is 1. The number of ether oxygens (including phenoxy) is 1. The summed E-state index contributed by atoms with van der Waals surface area (Å²) < 4.78 is 55.4. The standard InChI is InChI=1S/C15H17F4N3O2/c1-21-12-5-6-22(8-11(12)20-14(21)23)7-9-10(16)3-2-4-13(9)24-15(17,18)19/h2-4,11-12H,5-8H2,1H3,(H,20,23)/t11-,12+/m1/s1. The number of rotatable bonds is 3. The zero-order valence-corrected chi connectivity index (χ0v) is 12.9. The zero-order valence-electron chi connectivity index (χ0n) is 12.9. The summed E-state index contributed by atoms with van der Waals surface area (Å²) in [7, 11) is 1.71. The van der Waals surface area contributed by atoms with Crippen molar-refractivity contribution in [2.75, 3.05) is 20.1 Å². The Kier molecular flexibility index (Phi) is 4.29. The van der Waals surface area contributed by atoms with Gasteiger partial charge in [0.2, 0.25) is 0 Å². The maximum Gasteiger partial charge on any atom is 0.573 e. The molecule has 5 nitrogen and oxygen atoms in total. The lowest BCUT2D eigenvalue weighted by atomic mass is 9.99. The third-order valence-corrected chi connectivity index (χ3v) is 4.47. The molecule has 2 amide bonds. The highest BCUT2D eigenvalue weighted by molar-refractivity contribution is 5.77. The van der Waals surface area contributed by atoms with E-state index in [0.29, 0.717) is 19.5 Å². The maximum atomic E-state index is 14.0. The second kappa shape index (κ2) is 6.12. The lowest BCUT2D eigenvalue weighted by Gasteiger charge is -2.36. The van der Waals surface area contributed by atoms with Gasteiger partial charge in [0, 0.05) is 32.2 Å².